The summed E-state index contributed by atoms with van der Waals surface area (Å²) in [5.74, 6) is -0.288. The molecule has 0 saturated heterocycles. The monoisotopic (exact) mass is 395 g/mol. The highest BCUT2D eigenvalue weighted by Gasteiger charge is 2.25. The maximum absolute atomic E-state index is 11.0. The Labute approximate surface area is 158 Å². The molecule has 3 aromatic rings. The number of aromatic nitrogens is 4. The van der Waals surface area contributed by atoms with Crippen LogP contribution in [0.25, 0.3) is 22.2 Å². The molecule has 150 valence electrons. The average molecular weight is 395 g/mol. The summed E-state index contributed by atoms with van der Waals surface area (Å²) in [5.41, 5.74) is 7.95. The molecule has 0 aromatic carbocycles. The number of rotatable bonds is 5. The van der Waals surface area contributed by atoms with E-state index in [-0.39, 0.29) is 11.4 Å². The van der Waals surface area contributed by atoms with Crippen LogP contribution in [0.5, 0.6) is 0 Å². The Morgan fingerprint density at radius 2 is 2.00 bits per heavy atom. The number of primary amides is 1. The highest BCUT2D eigenvalue weighted by Crippen LogP contribution is 2.29. The summed E-state index contributed by atoms with van der Waals surface area (Å²) in [4.78, 5) is 27.1. The van der Waals surface area contributed by atoms with Gasteiger partial charge < -0.3 is 10.7 Å². The van der Waals surface area contributed by atoms with E-state index in [0.717, 1.165) is 22.2 Å². The first-order valence-electron chi connectivity index (χ1n) is 8.32. The summed E-state index contributed by atoms with van der Waals surface area (Å²) in [6, 6.07) is 3.99. The fourth-order valence-corrected chi connectivity index (χ4v) is 2.55. The van der Waals surface area contributed by atoms with Crippen molar-refractivity contribution in [2.45, 2.75) is 38.4 Å². The van der Waals surface area contributed by atoms with Crippen molar-refractivity contribution in [3.63, 3.8) is 0 Å². The minimum Gasteiger partial charge on any atom is -0.370 e. The SMILES string of the molecule is CC(C)(CCC(N)=O)n1cc(-c2ccnc3[nH]ccc23)cn1.O=CC(F)(F)F. The smallest absolute Gasteiger partial charge is 0.370 e. The molecule has 0 atom stereocenters. The minimum atomic E-state index is -4.64. The zero-order valence-electron chi connectivity index (χ0n) is 15.3. The number of hydrogen-bond donors (Lipinski definition) is 2. The minimum absolute atomic E-state index is 0.266. The van der Waals surface area contributed by atoms with Crippen LogP contribution in [0.4, 0.5) is 13.2 Å². The van der Waals surface area contributed by atoms with Crippen molar-refractivity contribution in [2.24, 2.45) is 5.73 Å². The van der Waals surface area contributed by atoms with Crippen LogP contribution in [-0.2, 0) is 15.1 Å². The van der Waals surface area contributed by atoms with E-state index in [4.69, 9.17) is 10.5 Å². The van der Waals surface area contributed by atoms with Crippen molar-refractivity contribution in [3.05, 3.63) is 36.9 Å². The molecule has 3 N–H and O–H groups in total. The fourth-order valence-electron chi connectivity index (χ4n) is 2.55. The average Bonchev–Trinajstić information content (AvgIpc) is 3.29. The number of fused-ring (bicyclic) bond motifs is 1. The summed E-state index contributed by atoms with van der Waals surface area (Å²) in [6.45, 7) is 4.09. The molecule has 0 aliphatic heterocycles. The normalized spacial score (nSPS) is 11.8. The van der Waals surface area contributed by atoms with Gasteiger partial charge in [-0.15, -0.1) is 0 Å². The summed E-state index contributed by atoms with van der Waals surface area (Å²) in [7, 11) is 0. The topological polar surface area (TPSA) is 107 Å². The standard InChI is InChI=1S/C16H19N5O.C2HF3O/c1-16(2,6-3-14(17)22)21-10-11(9-20-21)12-4-7-18-15-13(12)5-8-19-15;3-2(4,5)1-6/h4-5,7-10H,3,6H2,1-2H3,(H2,17,22)(H,18,19);1H. The lowest BCUT2D eigenvalue weighted by Gasteiger charge is -2.24. The van der Waals surface area contributed by atoms with Crippen molar-refractivity contribution in [2.75, 3.05) is 0 Å². The van der Waals surface area contributed by atoms with E-state index in [1.165, 1.54) is 0 Å². The first-order chi connectivity index (χ1) is 13.0. The van der Waals surface area contributed by atoms with Crippen molar-refractivity contribution in [3.8, 4) is 11.1 Å². The number of aromatic amines is 1. The molecule has 1 amide bonds. The van der Waals surface area contributed by atoms with Crippen molar-refractivity contribution < 1.29 is 22.8 Å². The van der Waals surface area contributed by atoms with E-state index in [0.29, 0.717) is 12.8 Å². The number of hydrogen-bond acceptors (Lipinski definition) is 4. The molecule has 0 saturated carbocycles. The molecule has 0 aliphatic rings. The molecule has 0 spiro atoms. The summed E-state index contributed by atoms with van der Waals surface area (Å²) < 4.78 is 33.1. The van der Waals surface area contributed by atoms with Crippen LogP contribution >= 0.6 is 0 Å². The lowest BCUT2D eigenvalue weighted by atomic mass is 9.98. The molecule has 0 unspecified atom stereocenters. The van der Waals surface area contributed by atoms with Crippen molar-refractivity contribution >= 4 is 23.2 Å². The van der Waals surface area contributed by atoms with Gasteiger partial charge in [-0.05, 0) is 38.0 Å². The third kappa shape index (κ3) is 5.41. The Morgan fingerprint density at radius 3 is 2.61 bits per heavy atom. The van der Waals surface area contributed by atoms with Crippen LogP contribution in [0.3, 0.4) is 0 Å². The van der Waals surface area contributed by atoms with Crippen LogP contribution in [0, 0.1) is 0 Å². The Morgan fingerprint density at radius 1 is 1.32 bits per heavy atom. The lowest BCUT2D eigenvalue weighted by molar-refractivity contribution is -0.156. The van der Waals surface area contributed by atoms with Crippen LogP contribution < -0.4 is 5.73 Å². The van der Waals surface area contributed by atoms with Gasteiger partial charge in [0.15, 0.2) is 0 Å². The van der Waals surface area contributed by atoms with E-state index in [9.17, 15) is 18.0 Å². The third-order valence-corrected chi connectivity index (χ3v) is 4.09. The van der Waals surface area contributed by atoms with Gasteiger partial charge in [-0.1, -0.05) is 0 Å². The van der Waals surface area contributed by atoms with E-state index >= 15 is 0 Å². The Kier molecular flexibility index (Phi) is 6.22. The van der Waals surface area contributed by atoms with Crippen LogP contribution in [0.1, 0.15) is 26.7 Å². The molecular formula is C18H20F3N5O2. The number of H-pyrrole nitrogens is 1. The second-order valence-corrected chi connectivity index (χ2v) is 6.71. The molecule has 0 aliphatic carbocycles. The van der Waals surface area contributed by atoms with Gasteiger partial charge in [-0.25, -0.2) is 4.98 Å². The largest absolute Gasteiger partial charge is 0.446 e. The second kappa shape index (κ2) is 8.24. The summed E-state index contributed by atoms with van der Waals surface area (Å²) >= 11 is 0. The molecule has 7 nitrogen and oxygen atoms in total. The highest BCUT2D eigenvalue weighted by molar-refractivity contribution is 5.92. The third-order valence-electron chi connectivity index (χ3n) is 4.09. The van der Waals surface area contributed by atoms with Crippen LogP contribution in [0.2, 0.25) is 0 Å². The maximum Gasteiger partial charge on any atom is 0.446 e. The molecule has 3 aromatic heterocycles. The van der Waals surface area contributed by atoms with Crippen LogP contribution in [-0.4, -0.2) is 38.1 Å². The van der Waals surface area contributed by atoms with E-state index in [1.807, 2.05) is 49.3 Å². The first kappa shape index (κ1) is 21.1. The van der Waals surface area contributed by atoms with E-state index in [1.54, 1.807) is 6.20 Å². The summed E-state index contributed by atoms with van der Waals surface area (Å²) in [5, 5.41) is 5.53. The van der Waals surface area contributed by atoms with Crippen LogP contribution in [0.15, 0.2) is 36.9 Å². The Balaban J connectivity index is 0.000000409. The van der Waals surface area contributed by atoms with Gasteiger partial charge in [-0.3, -0.25) is 14.3 Å². The number of nitrogens with one attached hydrogen (secondary N) is 1. The number of amides is 1. The number of carbonyl (C=O) groups is 2. The van der Waals surface area contributed by atoms with Gasteiger partial charge in [0.05, 0.1) is 11.7 Å². The highest BCUT2D eigenvalue weighted by atomic mass is 19.4. The number of nitrogens with zero attached hydrogens (tertiary/aromatic N) is 3. The number of nitrogens with two attached hydrogens (primary N) is 1. The fraction of sp³-hybridized carbons (Fsp3) is 0.333. The number of carbonyl (C=O) groups excluding carboxylic acids is 2. The van der Waals surface area contributed by atoms with E-state index in [2.05, 4.69) is 15.1 Å². The number of halogens is 3. The van der Waals surface area contributed by atoms with Gasteiger partial charge >= 0.3 is 6.18 Å². The summed E-state index contributed by atoms with van der Waals surface area (Å²) in [6.07, 6.45) is 2.80. The number of alkyl halides is 3. The molecule has 0 bridgehead atoms. The zero-order chi connectivity index (χ0) is 20.9. The van der Waals surface area contributed by atoms with Gasteiger partial charge in [0.1, 0.15) is 5.65 Å². The first-order valence-corrected chi connectivity index (χ1v) is 8.32. The zero-order valence-corrected chi connectivity index (χ0v) is 15.3. The molecule has 3 heterocycles. The lowest BCUT2D eigenvalue weighted by Crippen LogP contribution is -2.28. The van der Waals surface area contributed by atoms with Gasteiger partial charge in [0.2, 0.25) is 12.2 Å². The molecule has 28 heavy (non-hydrogen) atoms. The predicted octanol–water partition coefficient (Wildman–Crippen LogP) is 3.17. The predicted molar refractivity (Wildman–Crippen MR) is 97.2 cm³/mol. The van der Waals surface area contributed by atoms with Crippen molar-refractivity contribution in [1.29, 1.82) is 0 Å². The Hall–Kier alpha value is -3.17. The van der Waals surface area contributed by atoms with Gasteiger partial charge in [-0.2, -0.15) is 18.3 Å². The van der Waals surface area contributed by atoms with Gasteiger partial charge in [0, 0.05) is 36.0 Å². The second-order valence-electron chi connectivity index (χ2n) is 6.71. The van der Waals surface area contributed by atoms with Gasteiger partial charge in [0.25, 0.3) is 0 Å². The number of aldehydes is 1. The Bertz CT molecular complexity index is 959. The number of pyridine rings is 1. The molecular weight excluding hydrogens is 375 g/mol. The molecule has 3 rings (SSSR count). The molecule has 0 radical (unpaired) electrons. The maximum atomic E-state index is 11.0. The molecule has 0 fully saturated rings. The molecule has 10 heteroatoms. The quantitative estimate of drug-likeness (QED) is 0.647. The van der Waals surface area contributed by atoms with Crippen molar-refractivity contribution in [1.82, 2.24) is 19.7 Å². The van der Waals surface area contributed by atoms with E-state index < -0.39 is 12.5 Å².